The molecule has 14 heavy (non-hydrogen) atoms. The molecule has 0 atom stereocenters. The average Bonchev–Trinajstić information content (AvgIpc) is 2.46. The molecule has 3 heteroatoms. The van der Waals surface area contributed by atoms with Crippen molar-refractivity contribution in [2.45, 2.75) is 6.92 Å². The number of hydrogen-bond acceptors (Lipinski definition) is 3. The Balaban J connectivity index is 2.49. The lowest BCUT2D eigenvalue weighted by Gasteiger charge is -2.01. The van der Waals surface area contributed by atoms with E-state index in [0.29, 0.717) is 5.57 Å². The summed E-state index contributed by atoms with van der Waals surface area (Å²) in [6.07, 6.45) is 0. The van der Waals surface area contributed by atoms with Crippen LogP contribution in [-0.4, -0.2) is 12.4 Å². The van der Waals surface area contributed by atoms with Crippen molar-refractivity contribution in [2.24, 2.45) is 5.73 Å². The lowest BCUT2D eigenvalue weighted by atomic mass is 10.0. The molecule has 2 rings (SSSR count). The highest BCUT2D eigenvalue weighted by atomic mass is 16.5. The van der Waals surface area contributed by atoms with Gasteiger partial charge in [-0.3, -0.25) is 4.79 Å². The van der Waals surface area contributed by atoms with E-state index in [0.717, 1.165) is 11.1 Å². The first-order chi connectivity index (χ1) is 6.68. The maximum Gasteiger partial charge on any atom is 0.206 e. The van der Waals surface area contributed by atoms with Crippen molar-refractivity contribution in [2.75, 3.05) is 6.61 Å². The van der Waals surface area contributed by atoms with Gasteiger partial charge in [0, 0.05) is 0 Å². The van der Waals surface area contributed by atoms with Crippen LogP contribution in [0.3, 0.4) is 0 Å². The molecule has 3 nitrogen and oxygen atoms in total. The molecule has 1 aromatic rings. The highest BCUT2D eigenvalue weighted by molar-refractivity contribution is 6.23. The Labute approximate surface area is 82.2 Å². The number of hydrogen-bond donors (Lipinski definition) is 1. The summed E-state index contributed by atoms with van der Waals surface area (Å²) in [5.74, 6) is 0.189. The molecule has 0 aromatic heterocycles. The minimum atomic E-state index is -0.0481. The van der Waals surface area contributed by atoms with Crippen LogP contribution in [0.4, 0.5) is 0 Å². The Morgan fingerprint density at radius 2 is 2.21 bits per heavy atom. The van der Waals surface area contributed by atoms with Gasteiger partial charge >= 0.3 is 0 Å². The summed E-state index contributed by atoms with van der Waals surface area (Å²) in [7, 11) is 0. The number of ketones is 1. The lowest BCUT2D eigenvalue weighted by molar-refractivity contribution is -0.115. The Morgan fingerprint density at radius 3 is 2.79 bits per heavy atom. The Bertz CT molecular complexity index is 421. The van der Waals surface area contributed by atoms with Gasteiger partial charge in [-0.15, -0.1) is 0 Å². The molecular weight excluding hydrogens is 178 g/mol. The van der Waals surface area contributed by atoms with Crippen LogP contribution in [0.5, 0.6) is 0 Å². The molecule has 2 N–H and O–H groups in total. The summed E-state index contributed by atoms with van der Waals surface area (Å²) in [6.45, 7) is 2.04. The summed E-state index contributed by atoms with van der Waals surface area (Å²) in [5, 5.41) is 0. The van der Waals surface area contributed by atoms with Crippen molar-refractivity contribution in [3.05, 3.63) is 41.3 Å². The third-order valence-electron chi connectivity index (χ3n) is 2.19. The number of benzene rings is 1. The summed E-state index contributed by atoms with van der Waals surface area (Å²) in [5.41, 5.74) is 8.03. The van der Waals surface area contributed by atoms with Crippen LogP contribution in [0.2, 0.25) is 0 Å². The van der Waals surface area contributed by atoms with Crippen LogP contribution in [0, 0.1) is 6.92 Å². The maximum atomic E-state index is 11.4. The topological polar surface area (TPSA) is 52.3 Å². The fraction of sp³-hybridized carbons (Fsp3) is 0.182. The molecule has 0 bridgehead atoms. The molecular formula is C11H11NO2. The SMILES string of the molecule is Cc1cccc(C2=C(N)OCC2=O)c1. The minimum absolute atomic E-state index is 0.0481. The van der Waals surface area contributed by atoms with E-state index in [2.05, 4.69) is 0 Å². The Morgan fingerprint density at radius 1 is 1.43 bits per heavy atom. The van der Waals surface area contributed by atoms with Crippen molar-refractivity contribution >= 4 is 11.4 Å². The quantitative estimate of drug-likeness (QED) is 0.722. The maximum absolute atomic E-state index is 11.4. The van der Waals surface area contributed by atoms with Crippen molar-refractivity contribution in [1.29, 1.82) is 0 Å². The van der Waals surface area contributed by atoms with Gasteiger partial charge in [-0.05, 0) is 12.5 Å². The van der Waals surface area contributed by atoms with Crippen molar-refractivity contribution < 1.29 is 9.53 Å². The predicted octanol–water partition coefficient (Wildman–Crippen LogP) is 1.22. The van der Waals surface area contributed by atoms with Gasteiger partial charge in [0.1, 0.15) is 0 Å². The molecule has 1 heterocycles. The Hall–Kier alpha value is -1.77. The fourth-order valence-corrected chi connectivity index (χ4v) is 1.53. The summed E-state index contributed by atoms with van der Waals surface area (Å²) in [4.78, 5) is 11.4. The van der Waals surface area contributed by atoms with E-state index in [-0.39, 0.29) is 18.3 Å². The van der Waals surface area contributed by atoms with Crippen LogP contribution in [0.25, 0.3) is 5.57 Å². The van der Waals surface area contributed by atoms with Crippen molar-refractivity contribution in [3.63, 3.8) is 0 Å². The van der Waals surface area contributed by atoms with Crippen molar-refractivity contribution in [3.8, 4) is 0 Å². The van der Waals surface area contributed by atoms with E-state index in [1.807, 2.05) is 31.2 Å². The van der Waals surface area contributed by atoms with Crippen LogP contribution < -0.4 is 5.73 Å². The van der Waals surface area contributed by atoms with E-state index in [1.54, 1.807) is 0 Å². The van der Waals surface area contributed by atoms with Crippen LogP contribution in [0.1, 0.15) is 11.1 Å². The second-order valence-electron chi connectivity index (χ2n) is 3.32. The monoisotopic (exact) mass is 189 g/mol. The number of carbonyl (C=O) groups excluding carboxylic acids is 1. The first kappa shape index (κ1) is 8.81. The molecule has 0 spiro atoms. The molecule has 0 radical (unpaired) electrons. The normalized spacial score (nSPS) is 15.9. The molecule has 0 unspecified atom stereocenters. The standard InChI is InChI=1S/C11H11NO2/c1-7-3-2-4-8(5-7)10-9(13)6-14-11(10)12/h2-5H,6,12H2,1H3. The number of ether oxygens (including phenoxy) is 1. The first-order valence-corrected chi connectivity index (χ1v) is 4.41. The zero-order valence-electron chi connectivity index (χ0n) is 7.91. The van der Waals surface area contributed by atoms with Gasteiger partial charge in [-0.1, -0.05) is 29.8 Å². The zero-order valence-corrected chi connectivity index (χ0v) is 7.91. The molecule has 72 valence electrons. The van der Waals surface area contributed by atoms with Crippen LogP contribution in [-0.2, 0) is 9.53 Å². The molecule has 1 aromatic carbocycles. The Kier molecular flexibility index (Phi) is 2.00. The van der Waals surface area contributed by atoms with Gasteiger partial charge in [0.15, 0.2) is 12.5 Å². The third kappa shape index (κ3) is 1.37. The van der Waals surface area contributed by atoms with Gasteiger partial charge in [-0.2, -0.15) is 0 Å². The van der Waals surface area contributed by atoms with Crippen LogP contribution in [0.15, 0.2) is 30.1 Å². The molecule has 0 fully saturated rings. The summed E-state index contributed by atoms with van der Waals surface area (Å²) >= 11 is 0. The molecule has 0 aliphatic carbocycles. The number of nitrogens with two attached hydrogens (primary N) is 1. The fourth-order valence-electron chi connectivity index (χ4n) is 1.53. The van der Waals surface area contributed by atoms with E-state index in [9.17, 15) is 4.79 Å². The number of Topliss-reactive ketones (excluding diaryl/α,β-unsaturated/α-hetero) is 1. The predicted molar refractivity (Wildman–Crippen MR) is 53.2 cm³/mol. The van der Waals surface area contributed by atoms with E-state index >= 15 is 0 Å². The number of aryl methyl sites for hydroxylation is 1. The van der Waals surface area contributed by atoms with E-state index in [4.69, 9.17) is 10.5 Å². The van der Waals surface area contributed by atoms with Crippen LogP contribution >= 0.6 is 0 Å². The second kappa shape index (κ2) is 3.18. The third-order valence-corrected chi connectivity index (χ3v) is 2.19. The average molecular weight is 189 g/mol. The van der Waals surface area contributed by atoms with E-state index in [1.165, 1.54) is 0 Å². The molecule has 0 amide bonds. The zero-order chi connectivity index (χ0) is 10.1. The lowest BCUT2D eigenvalue weighted by Crippen LogP contribution is -2.01. The first-order valence-electron chi connectivity index (χ1n) is 4.41. The second-order valence-corrected chi connectivity index (χ2v) is 3.32. The van der Waals surface area contributed by atoms with Gasteiger partial charge in [-0.25, -0.2) is 0 Å². The largest absolute Gasteiger partial charge is 0.470 e. The van der Waals surface area contributed by atoms with Gasteiger partial charge in [0.05, 0.1) is 5.57 Å². The molecule has 0 saturated heterocycles. The highest BCUT2D eigenvalue weighted by Gasteiger charge is 2.24. The van der Waals surface area contributed by atoms with Gasteiger partial charge in [0.2, 0.25) is 5.78 Å². The van der Waals surface area contributed by atoms with Crippen molar-refractivity contribution in [1.82, 2.24) is 0 Å². The highest BCUT2D eigenvalue weighted by Crippen LogP contribution is 2.23. The minimum Gasteiger partial charge on any atom is -0.470 e. The summed E-state index contributed by atoms with van der Waals surface area (Å²) in [6, 6.07) is 7.66. The van der Waals surface area contributed by atoms with Gasteiger partial charge < -0.3 is 10.5 Å². The molecule has 1 aliphatic rings. The smallest absolute Gasteiger partial charge is 0.206 e. The molecule has 1 aliphatic heterocycles. The number of carbonyl (C=O) groups is 1. The number of rotatable bonds is 1. The summed E-state index contributed by atoms with van der Waals surface area (Å²) < 4.78 is 4.98. The molecule has 0 saturated carbocycles. The van der Waals surface area contributed by atoms with Gasteiger partial charge in [0.25, 0.3) is 0 Å². The van der Waals surface area contributed by atoms with E-state index < -0.39 is 0 Å².